The van der Waals surface area contributed by atoms with E-state index in [-0.39, 0.29) is 0 Å². The molecule has 0 amide bonds. The number of guanidine groups is 1. The van der Waals surface area contributed by atoms with E-state index in [1.165, 1.54) is 6.42 Å². The molecule has 0 aliphatic rings. The van der Waals surface area contributed by atoms with Crippen LogP contribution in [0.15, 0.2) is 4.99 Å². The standard InChI is InChI=1S/C11H25N3O2/c1-3-5-7-15-9-10-16-8-6-14-11(12)13-4-2/h3-10H2,1-2H3,(H3,12,13,14). The van der Waals surface area contributed by atoms with E-state index in [4.69, 9.17) is 15.2 Å². The second-order valence-corrected chi connectivity index (χ2v) is 3.38. The topological polar surface area (TPSA) is 68.9 Å². The highest BCUT2D eigenvalue weighted by Crippen LogP contribution is 1.87. The number of ether oxygens (including phenoxy) is 2. The first-order chi connectivity index (χ1) is 7.81. The van der Waals surface area contributed by atoms with Gasteiger partial charge in [0, 0.05) is 13.2 Å². The Bertz CT molecular complexity index is 175. The molecule has 0 fully saturated rings. The largest absolute Gasteiger partial charge is 0.379 e. The first kappa shape index (κ1) is 15.2. The molecule has 0 bridgehead atoms. The van der Waals surface area contributed by atoms with E-state index in [9.17, 15) is 0 Å². The third-order valence-corrected chi connectivity index (χ3v) is 1.89. The summed E-state index contributed by atoms with van der Waals surface area (Å²) >= 11 is 0. The predicted octanol–water partition coefficient (Wildman–Crippen LogP) is 0.744. The maximum atomic E-state index is 5.54. The Balaban J connectivity index is 3.12. The summed E-state index contributed by atoms with van der Waals surface area (Å²) in [6, 6.07) is 0. The Hall–Kier alpha value is -0.810. The molecule has 3 N–H and O–H groups in total. The normalized spacial score (nSPS) is 11.8. The van der Waals surface area contributed by atoms with Crippen LogP contribution in [0, 0.1) is 0 Å². The molecule has 0 aliphatic heterocycles. The SMILES string of the molecule is CCCCOCCOCCN=C(N)NCC. The van der Waals surface area contributed by atoms with E-state index in [1.54, 1.807) is 0 Å². The minimum Gasteiger partial charge on any atom is -0.379 e. The van der Waals surface area contributed by atoms with Crippen molar-refractivity contribution in [1.82, 2.24) is 5.32 Å². The Morgan fingerprint density at radius 2 is 1.81 bits per heavy atom. The van der Waals surface area contributed by atoms with Gasteiger partial charge >= 0.3 is 0 Å². The number of aliphatic imine (C=N–C) groups is 1. The summed E-state index contributed by atoms with van der Waals surface area (Å²) in [5.74, 6) is 0.477. The van der Waals surface area contributed by atoms with Crippen LogP contribution >= 0.6 is 0 Å². The fourth-order valence-electron chi connectivity index (χ4n) is 1.04. The van der Waals surface area contributed by atoms with Crippen molar-refractivity contribution in [2.75, 3.05) is 39.5 Å². The van der Waals surface area contributed by atoms with Gasteiger partial charge in [-0.3, -0.25) is 4.99 Å². The van der Waals surface area contributed by atoms with Crippen molar-refractivity contribution < 1.29 is 9.47 Å². The van der Waals surface area contributed by atoms with Crippen molar-refractivity contribution in [2.24, 2.45) is 10.7 Å². The van der Waals surface area contributed by atoms with Gasteiger partial charge in [0.05, 0.1) is 26.4 Å². The molecular formula is C11H25N3O2. The highest BCUT2D eigenvalue weighted by atomic mass is 16.5. The van der Waals surface area contributed by atoms with E-state index in [0.29, 0.717) is 32.3 Å². The van der Waals surface area contributed by atoms with Crippen LogP contribution in [0.4, 0.5) is 0 Å². The number of hydrogen-bond acceptors (Lipinski definition) is 3. The van der Waals surface area contributed by atoms with Gasteiger partial charge in [-0.2, -0.15) is 0 Å². The molecule has 0 aromatic heterocycles. The van der Waals surface area contributed by atoms with Crippen LogP contribution in [0.2, 0.25) is 0 Å². The summed E-state index contributed by atoms with van der Waals surface area (Å²) in [6.45, 7) is 8.20. The molecule has 96 valence electrons. The van der Waals surface area contributed by atoms with Crippen molar-refractivity contribution in [2.45, 2.75) is 26.7 Å². The summed E-state index contributed by atoms with van der Waals surface area (Å²) in [5, 5.41) is 2.92. The van der Waals surface area contributed by atoms with Crippen LogP contribution in [-0.2, 0) is 9.47 Å². The molecule has 0 atom stereocenters. The number of hydrogen-bond donors (Lipinski definition) is 2. The van der Waals surface area contributed by atoms with E-state index in [0.717, 1.165) is 19.6 Å². The molecule has 0 radical (unpaired) electrons. The first-order valence-electron chi connectivity index (χ1n) is 6.00. The monoisotopic (exact) mass is 231 g/mol. The summed E-state index contributed by atoms with van der Waals surface area (Å²) < 4.78 is 10.7. The third kappa shape index (κ3) is 11.3. The molecule has 0 rings (SSSR count). The molecule has 0 unspecified atom stereocenters. The van der Waals surface area contributed by atoms with E-state index < -0.39 is 0 Å². The molecule has 0 saturated heterocycles. The molecule has 0 heterocycles. The molecule has 0 saturated carbocycles. The zero-order chi connectivity index (χ0) is 12.1. The lowest BCUT2D eigenvalue weighted by molar-refractivity contribution is 0.0497. The Labute approximate surface area is 98.4 Å². The van der Waals surface area contributed by atoms with Gasteiger partial charge in [-0.1, -0.05) is 13.3 Å². The Morgan fingerprint density at radius 1 is 1.12 bits per heavy atom. The molecular weight excluding hydrogens is 206 g/mol. The number of rotatable bonds is 10. The van der Waals surface area contributed by atoms with E-state index >= 15 is 0 Å². The van der Waals surface area contributed by atoms with Gasteiger partial charge in [-0.15, -0.1) is 0 Å². The molecule has 0 spiro atoms. The first-order valence-corrected chi connectivity index (χ1v) is 6.00. The summed E-state index contributed by atoms with van der Waals surface area (Å²) in [6.07, 6.45) is 2.28. The molecule has 5 heteroatoms. The molecule has 0 aromatic carbocycles. The molecule has 16 heavy (non-hydrogen) atoms. The van der Waals surface area contributed by atoms with Crippen molar-refractivity contribution in [3.05, 3.63) is 0 Å². The summed E-state index contributed by atoms with van der Waals surface area (Å²) in [5.41, 5.74) is 5.54. The van der Waals surface area contributed by atoms with Crippen LogP contribution in [-0.4, -0.2) is 45.5 Å². The average Bonchev–Trinajstić information content (AvgIpc) is 2.27. The Kier molecular flexibility index (Phi) is 11.6. The van der Waals surface area contributed by atoms with Gasteiger partial charge in [0.15, 0.2) is 5.96 Å². The zero-order valence-corrected chi connectivity index (χ0v) is 10.5. The highest BCUT2D eigenvalue weighted by molar-refractivity contribution is 5.77. The molecule has 0 aliphatic carbocycles. The lowest BCUT2D eigenvalue weighted by Crippen LogP contribution is -2.31. The van der Waals surface area contributed by atoms with E-state index in [2.05, 4.69) is 17.2 Å². The highest BCUT2D eigenvalue weighted by Gasteiger charge is 1.90. The van der Waals surface area contributed by atoms with Crippen LogP contribution in [0.5, 0.6) is 0 Å². The summed E-state index contributed by atoms with van der Waals surface area (Å²) in [7, 11) is 0. The van der Waals surface area contributed by atoms with Gasteiger partial charge in [-0.25, -0.2) is 0 Å². The van der Waals surface area contributed by atoms with Crippen LogP contribution in [0.3, 0.4) is 0 Å². The van der Waals surface area contributed by atoms with Crippen molar-refractivity contribution in [1.29, 1.82) is 0 Å². The number of nitrogens with zero attached hydrogens (tertiary/aromatic N) is 1. The minimum atomic E-state index is 0.477. The second kappa shape index (κ2) is 12.3. The van der Waals surface area contributed by atoms with Crippen LogP contribution < -0.4 is 11.1 Å². The van der Waals surface area contributed by atoms with Gasteiger partial charge in [0.25, 0.3) is 0 Å². The van der Waals surface area contributed by atoms with Crippen molar-refractivity contribution in [3.63, 3.8) is 0 Å². The van der Waals surface area contributed by atoms with E-state index in [1.807, 2.05) is 6.92 Å². The van der Waals surface area contributed by atoms with Gasteiger partial charge in [-0.05, 0) is 13.3 Å². The third-order valence-electron chi connectivity index (χ3n) is 1.89. The van der Waals surface area contributed by atoms with Gasteiger partial charge in [0.1, 0.15) is 0 Å². The smallest absolute Gasteiger partial charge is 0.188 e. The maximum absolute atomic E-state index is 5.54. The van der Waals surface area contributed by atoms with Crippen LogP contribution in [0.1, 0.15) is 26.7 Å². The second-order valence-electron chi connectivity index (χ2n) is 3.38. The fourth-order valence-corrected chi connectivity index (χ4v) is 1.04. The molecule has 5 nitrogen and oxygen atoms in total. The predicted molar refractivity (Wildman–Crippen MR) is 66.7 cm³/mol. The van der Waals surface area contributed by atoms with Gasteiger partial charge in [0.2, 0.25) is 0 Å². The van der Waals surface area contributed by atoms with Crippen molar-refractivity contribution >= 4 is 5.96 Å². The quantitative estimate of drug-likeness (QED) is 0.330. The number of nitrogens with two attached hydrogens (primary N) is 1. The lowest BCUT2D eigenvalue weighted by atomic mass is 10.4. The Morgan fingerprint density at radius 3 is 2.44 bits per heavy atom. The fraction of sp³-hybridized carbons (Fsp3) is 0.909. The number of unbranched alkanes of at least 4 members (excludes halogenated alkanes) is 1. The minimum absolute atomic E-state index is 0.477. The van der Waals surface area contributed by atoms with Crippen LogP contribution in [0.25, 0.3) is 0 Å². The average molecular weight is 231 g/mol. The molecule has 0 aromatic rings. The van der Waals surface area contributed by atoms with Crippen molar-refractivity contribution in [3.8, 4) is 0 Å². The number of nitrogens with one attached hydrogen (secondary N) is 1. The lowest BCUT2D eigenvalue weighted by Gasteiger charge is -2.04. The summed E-state index contributed by atoms with van der Waals surface area (Å²) in [4.78, 5) is 4.08. The zero-order valence-electron chi connectivity index (χ0n) is 10.5. The maximum Gasteiger partial charge on any atom is 0.188 e. The van der Waals surface area contributed by atoms with Gasteiger partial charge < -0.3 is 20.5 Å².